The van der Waals surface area contributed by atoms with Gasteiger partial charge in [0.2, 0.25) is 0 Å². The van der Waals surface area contributed by atoms with Gasteiger partial charge in [0.1, 0.15) is 0 Å². The van der Waals surface area contributed by atoms with Crippen LogP contribution in [-0.2, 0) is 0 Å². The van der Waals surface area contributed by atoms with Crippen LogP contribution in [0, 0.1) is 0 Å². The Kier molecular flexibility index (Phi) is 3.13. The summed E-state index contributed by atoms with van der Waals surface area (Å²) >= 11 is 7.97. The van der Waals surface area contributed by atoms with Crippen molar-refractivity contribution in [3.05, 3.63) is 8.95 Å². The van der Waals surface area contributed by atoms with Crippen LogP contribution in [0.25, 0.3) is 11.0 Å². The molecule has 2 rings (SSSR count). The van der Waals surface area contributed by atoms with E-state index >= 15 is 0 Å². The van der Waals surface area contributed by atoms with E-state index in [1.165, 1.54) is 0 Å². The van der Waals surface area contributed by atoms with Crippen LogP contribution in [0.1, 0.15) is 0 Å². The molecule has 0 bridgehead atoms. The van der Waals surface area contributed by atoms with Gasteiger partial charge in [-0.25, -0.2) is 0 Å². The van der Waals surface area contributed by atoms with E-state index in [1.807, 2.05) is 0 Å². The molecule has 0 saturated heterocycles. The van der Waals surface area contributed by atoms with E-state index in [2.05, 4.69) is 40.6 Å². The monoisotopic (exact) mass is 352 g/mol. The number of fused-ring (bicyclic) bond motifs is 1. The van der Waals surface area contributed by atoms with Gasteiger partial charge in [0.25, 0.3) is 0 Å². The van der Waals surface area contributed by atoms with Crippen molar-refractivity contribution >= 4 is 54.6 Å². The summed E-state index contributed by atoms with van der Waals surface area (Å²) < 4.78 is 20.4. The second kappa shape index (κ2) is 4.23. The molecule has 0 aliphatic rings. The molecule has 0 N–H and O–H groups in total. The largest absolute Gasteiger partial charge is 0.493 e. The number of hydrogen-bond donors (Lipinski definition) is 0. The molecule has 7 heteroatoms. The zero-order valence-electron chi connectivity index (χ0n) is 7.88. The van der Waals surface area contributed by atoms with Crippen LogP contribution in [0.2, 0.25) is 0 Å². The van der Waals surface area contributed by atoms with Crippen molar-refractivity contribution in [3.8, 4) is 11.5 Å². The van der Waals surface area contributed by atoms with E-state index in [-0.39, 0.29) is 0 Å². The summed E-state index contributed by atoms with van der Waals surface area (Å²) in [6, 6.07) is 0. The lowest BCUT2D eigenvalue weighted by Gasteiger charge is -2.09. The number of methoxy groups -OCH3 is 2. The Labute approximate surface area is 107 Å². The van der Waals surface area contributed by atoms with E-state index in [1.54, 1.807) is 14.2 Å². The summed E-state index contributed by atoms with van der Waals surface area (Å²) in [5.74, 6) is 1.32. The molecular weight excluding hydrogens is 348 g/mol. The highest BCUT2D eigenvalue weighted by Gasteiger charge is 2.20. The number of rotatable bonds is 2. The van der Waals surface area contributed by atoms with Gasteiger partial charge in [0.05, 0.1) is 34.9 Å². The Bertz CT molecular complexity index is 471. The molecule has 0 radical (unpaired) electrons. The molecule has 0 aliphatic heterocycles. The van der Waals surface area contributed by atoms with Gasteiger partial charge in [-0.2, -0.15) is 8.75 Å². The maximum absolute atomic E-state index is 5.27. The van der Waals surface area contributed by atoms with Crippen LogP contribution in [0.4, 0.5) is 0 Å². The predicted molar refractivity (Wildman–Crippen MR) is 65.9 cm³/mol. The van der Waals surface area contributed by atoms with Crippen molar-refractivity contribution in [1.29, 1.82) is 0 Å². The quantitative estimate of drug-likeness (QED) is 0.831. The van der Waals surface area contributed by atoms with Crippen LogP contribution >= 0.6 is 43.6 Å². The first-order chi connectivity index (χ1) is 7.20. The molecule has 1 heterocycles. The van der Waals surface area contributed by atoms with Gasteiger partial charge >= 0.3 is 0 Å². The van der Waals surface area contributed by atoms with Crippen molar-refractivity contribution in [2.45, 2.75) is 0 Å². The first kappa shape index (κ1) is 11.1. The van der Waals surface area contributed by atoms with Gasteiger partial charge < -0.3 is 9.47 Å². The second-order valence-corrected chi connectivity index (χ2v) is 4.77. The number of benzene rings is 1. The third-order valence-corrected chi connectivity index (χ3v) is 4.49. The van der Waals surface area contributed by atoms with Gasteiger partial charge in [0, 0.05) is 0 Å². The Morgan fingerprint density at radius 3 is 1.67 bits per heavy atom. The van der Waals surface area contributed by atoms with E-state index in [0.717, 1.165) is 20.7 Å². The second-order valence-electron chi connectivity index (χ2n) is 2.66. The minimum absolute atomic E-state index is 0.659. The average molecular weight is 354 g/mol. The minimum atomic E-state index is 0.659. The van der Waals surface area contributed by atoms with Crippen molar-refractivity contribution < 1.29 is 9.47 Å². The Morgan fingerprint density at radius 1 is 0.933 bits per heavy atom. The fourth-order valence-electron chi connectivity index (χ4n) is 1.27. The van der Waals surface area contributed by atoms with Gasteiger partial charge in [-0.1, -0.05) is 0 Å². The van der Waals surface area contributed by atoms with E-state index < -0.39 is 0 Å². The van der Waals surface area contributed by atoms with Crippen molar-refractivity contribution in [2.75, 3.05) is 14.2 Å². The van der Waals surface area contributed by atoms with Crippen molar-refractivity contribution in [2.24, 2.45) is 0 Å². The fraction of sp³-hybridized carbons (Fsp3) is 0.250. The molecule has 0 aliphatic carbocycles. The lowest BCUT2D eigenvalue weighted by molar-refractivity contribution is 0.405. The van der Waals surface area contributed by atoms with Crippen LogP contribution in [0.5, 0.6) is 11.5 Å². The third kappa shape index (κ3) is 1.62. The van der Waals surface area contributed by atoms with Crippen LogP contribution in [0.15, 0.2) is 8.95 Å². The van der Waals surface area contributed by atoms with Crippen LogP contribution in [0.3, 0.4) is 0 Å². The molecule has 4 nitrogen and oxygen atoms in total. The Morgan fingerprint density at radius 2 is 1.33 bits per heavy atom. The van der Waals surface area contributed by atoms with E-state index in [0.29, 0.717) is 22.5 Å². The molecule has 0 amide bonds. The molecular formula is C8H6Br2N2O2S. The molecule has 2 aromatic rings. The fourth-order valence-corrected chi connectivity index (χ4v) is 2.87. The molecule has 15 heavy (non-hydrogen) atoms. The number of halogens is 2. The molecule has 0 unspecified atom stereocenters. The first-order valence-electron chi connectivity index (χ1n) is 3.92. The molecule has 0 fully saturated rings. The number of ether oxygens (including phenoxy) is 2. The Hall–Kier alpha value is -0.400. The third-order valence-electron chi connectivity index (χ3n) is 1.92. The zero-order valence-corrected chi connectivity index (χ0v) is 11.9. The highest BCUT2D eigenvalue weighted by Crippen LogP contribution is 2.45. The molecule has 1 aromatic carbocycles. The normalized spacial score (nSPS) is 10.7. The minimum Gasteiger partial charge on any atom is -0.493 e. The topological polar surface area (TPSA) is 44.2 Å². The zero-order chi connectivity index (χ0) is 11.0. The smallest absolute Gasteiger partial charge is 0.163 e. The van der Waals surface area contributed by atoms with Crippen LogP contribution in [-0.4, -0.2) is 23.0 Å². The highest BCUT2D eigenvalue weighted by molar-refractivity contribution is 9.13. The Balaban J connectivity index is 2.91. The molecule has 80 valence electrons. The lowest BCUT2D eigenvalue weighted by Crippen LogP contribution is -1.92. The van der Waals surface area contributed by atoms with Gasteiger partial charge in [-0.05, 0) is 31.9 Å². The highest BCUT2D eigenvalue weighted by atomic mass is 79.9. The van der Waals surface area contributed by atoms with E-state index in [4.69, 9.17) is 9.47 Å². The standard InChI is InChI=1S/C8H6Br2N2O2S/c1-13-7-3(9)4(10)8(14-2)6-5(7)11-15-12-6/h1-2H3. The summed E-state index contributed by atoms with van der Waals surface area (Å²) in [6.45, 7) is 0. The number of aromatic nitrogens is 2. The van der Waals surface area contributed by atoms with Crippen molar-refractivity contribution in [3.63, 3.8) is 0 Å². The summed E-state index contributed by atoms with van der Waals surface area (Å²) in [4.78, 5) is 0. The SMILES string of the molecule is COc1c(Br)c(Br)c(OC)c2nsnc12. The molecule has 0 saturated carbocycles. The maximum Gasteiger partial charge on any atom is 0.163 e. The molecule has 0 spiro atoms. The van der Waals surface area contributed by atoms with E-state index in [9.17, 15) is 0 Å². The number of nitrogens with zero attached hydrogens (tertiary/aromatic N) is 2. The van der Waals surface area contributed by atoms with Gasteiger partial charge in [-0.15, -0.1) is 0 Å². The summed E-state index contributed by atoms with van der Waals surface area (Å²) in [7, 11) is 3.19. The van der Waals surface area contributed by atoms with Gasteiger partial charge in [0.15, 0.2) is 22.5 Å². The summed E-state index contributed by atoms with van der Waals surface area (Å²) in [6.07, 6.45) is 0. The predicted octanol–water partition coefficient (Wildman–Crippen LogP) is 3.23. The molecule has 0 atom stereocenters. The van der Waals surface area contributed by atoms with Gasteiger partial charge in [-0.3, -0.25) is 0 Å². The summed E-state index contributed by atoms with van der Waals surface area (Å²) in [5, 5.41) is 0. The summed E-state index contributed by atoms with van der Waals surface area (Å²) in [5.41, 5.74) is 1.41. The first-order valence-corrected chi connectivity index (χ1v) is 6.23. The lowest BCUT2D eigenvalue weighted by atomic mass is 10.2. The number of hydrogen-bond acceptors (Lipinski definition) is 5. The average Bonchev–Trinajstić information content (AvgIpc) is 2.69. The van der Waals surface area contributed by atoms with Crippen molar-refractivity contribution in [1.82, 2.24) is 8.75 Å². The van der Waals surface area contributed by atoms with Crippen LogP contribution < -0.4 is 9.47 Å². The molecule has 1 aromatic heterocycles. The maximum atomic E-state index is 5.27.